The lowest BCUT2D eigenvalue weighted by molar-refractivity contribution is 0.0697. The number of hydrogen-bond donors (Lipinski definition) is 1. The number of aromatic carboxylic acids is 1. The van der Waals surface area contributed by atoms with Crippen molar-refractivity contribution in [3.05, 3.63) is 57.8 Å². The molecule has 1 atom stereocenters. The summed E-state index contributed by atoms with van der Waals surface area (Å²) in [6.45, 7) is 2.00. The van der Waals surface area contributed by atoms with Gasteiger partial charge in [0.25, 0.3) is 0 Å². The fraction of sp³-hybridized carbons (Fsp3) is 0.312. The summed E-state index contributed by atoms with van der Waals surface area (Å²) in [6.07, 6.45) is 2.44. The largest absolute Gasteiger partial charge is 0.478 e. The van der Waals surface area contributed by atoms with Crippen molar-refractivity contribution in [3.8, 4) is 0 Å². The first-order valence-electron chi connectivity index (χ1n) is 6.82. The highest BCUT2D eigenvalue weighted by atomic mass is 32.1. The fourth-order valence-electron chi connectivity index (χ4n) is 2.84. The van der Waals surface area contributed by atoms with E-state index in [1.165, 1.54) is 24.0 Å². The molecule has 0 aliphatic carbocycles. The van der Waals surface area contributed by atoms with E-state index in [0.717, 1.165) is 13.1 Å². The third-order valence-electron chi connectivity index (χ3n) is 3.88. The van der Waals surface area contributed by atoms with Crippen molar-refractivity contribution in [2.75, 3.05) is 6.54 Å². The Morgan fingerprint density at radius 1 is 1.30 bits per heavy atom. The van der Waals surface area contributed by atoms with Crippen LogP contribution in [0.15, 0.2) is 41.1 Å². The quantitative estimate of drug-likeness (QED) is 0.930. The van der Waals surface area contributed by atoms with Gasteiger partial charge in [-0.05, 0) is 59.5 Å². The lowest BCUT2D eigenvalue weighted by Gasteiger charge is -2.24. The number of hydrogen-bond acceptors (Lipinski definition) is 3. The maximum atomic E-state index is 10.9. The highest BCUT2D eigenvalue weighted by molar-refractivity contribution is 7.07. The normalized spacial score (nSPS) is 19.3. The Bertz CT molecular complexity index is 577. The molecule has 1 fully saturated rings. The average molecular weight is 287 g/mol. The summed E-state index contributed by atoms with van der Waals surface area (Å²) in [7, 11) is 0. The van der Waals surface area contributed by atoms with E-state index in [9.17, 15) is 4.79 Å². The van der Waals surface area contributed by atoms with Crippen molar-refractivity contribution in [1.29, 1.82) is 0 Å². The molecule has 1 aliphatic rings. The summed E-state index contributed by atoms with van der Waals surface area (Å²) in [5.74, 6) is -0.867. The van der Waals surface area contributed by atoms with E-state index in [1.54, 1.807) is 23.5 Å². The molecule has 1 aromatic heterocycles. The molecule has 0 bridgehead atoms. The van der Waals surface area contributed by atoms with E-state index in [1.807, 2.05) is 12.1 Å². The van der Waals surface area contributed by atoms with Crippen molar-refractivity contribution in [3.63, 3.8) is 0 Å². The van der Waals surface area contributed by atoms with Gasteiger partial charge >= 0.3 is 5.97 Å². The Kier molecular flexibility index (Phi) is 3.85. The maximum absolute atomic E-state index is 10.9. The van der Waals surface area contributed by atoms with Gasteiger partial charge in [0.15, 0.2) is 0 Å². The first kappa shape index (κ1) is 13.3. The van der Waals surface area contributed by atoms with Gasteiger partial charge in [0.2, 0.25) is 0 Å². The molecule has 20 heavy (non-hydrogen) atoms. The minimum atomic E-state index is -0.867. The monoisotopic (exact) mass is 287 g/mol. The van der Waals surface area contributed by atoms with Gasteiger partial charge < -0.3 is 5.11 Å². The van der Waals surface area contributed by atoms with E-state index in [-0.39, 0.29) is 0 Å². The van der Waals surface area contributed by atoms with Crippen LogP contribution in [0.5, 0.6) is 0 Å². The van der Waals surface area contributed by atoms with Crippen LogP contribution < -0.4 is 0 Å². The lowest BCUT2D eigenvalue weighted by atomic mass is 10.1. The summed E-state index contributed by atoms with van der Waals surface area (Å²) in [5, 5.41) is 13.3. The van der Waals surface area contributed by atoms with Gasteiger partial charge in [-0.3, -0.25) is 4.90 Å². The van der Waals surface area contributed by atoms with Gasteiger partial charge in [0.1, 0.15) is 0 Å². The van der Waals surface area contributed by atoms with Gasteiger partial charge in [-0.1, -0.05) is 12.1 Å². The lowest BCUT2D eigenvalue weighted by Crippen LogP contribution is -2.22. The molecule has 3 nitrogen and oxygen atoms in total. The van der Waals surface area contributed by atoms with E-state index >= 15 is 0 Å². The second-order valence-electron chi connectivity index (χ2n) is 5.19. The number of benzene rings is 1. The predicted molar refractivity (Wildman–Crippen MR) is 80.1 cm³/mol. The van der Waals surface area contributed by atoms with Gasteiger partial charge in [0.05, 0.1) is 5.56 Å². The van der Waals surface area contributed by atoms with Crippen LogP contribution in [0.2, 0.25) is 0 Å². The van der Waals surface area contributed by atoms with Crippen LogP contribution in [0.25, 0.3) is 0 Å². The molecule has 1 N–H and O–H groups in total. The van der Waals surface area contributed by atoms with Gasteiger partial charge in [0, 0.05) is 12.6 Å². The minimum absolute atomic E-state index is 0.351. The Balaban J connectivity index is 1.72. The third kappa shape index (κ3) is 2.76. The summed E-state index contributed by atoms with van der Waals surface area (Å²) < 4.78 is 0. The highest BCUT2D eigenvalue weighted by Crippen LogP contribution is 2.34. The SMILES string of the molecule is O=C(O)c1ccc(CN2CCCC2c2ccsc2)cc1. The Morgan fingerprint density at radius 2 is 2.10 bits per heavy atom. The number of thiophene rings is 1. The number of carboxylic acid groups (broad SMARTS) is 1. The van der Waals surface area contributed by atoms with E-state index < -0.39 is 5.97 Å². The standard InChI is InChI=1S/C16H17NO2S/c18-16(19)13-5-3-12(4-6-13)10-17-8-1-2-15(17)14-7-9-20-11-14/h3-7,9,11,15H,1-2,8,10H2,(H,18,19). The molecule has 3 rings (SSSR count). The number of nitrogens with zero attached hydrogens (tertiary/aromatic N) is 1. The topological polar surface area (TPSA) is 40.5 Å². The van der Waals surface area contributed by atoms with Crippen molar-refractivity contribution < 1.29 is 9.90 Å². The molecule has 1 unspecified atom stereocenters. The maximum Gasteiger partial charge on any atom is 0.335 e. The van der Waals surface area contributed by atoms with E-state index in [0.29, 0.717) is 11.6 Å². The van der Waals surface area contributed by atoms with Crippen molar-refractivity contribution in [1.82, 2.24) is 4.90 Å². The van der Waals surface area contributed by atoms with Crippen molar-refractivity contribution in [2.24, 2.45) is 0 Å². The molecule has 0 spiro atoms. The van der Waals surface area contributed by atoms with Gasteiger partial charge in [-0.15, -0.1) is 0 Å². The third-order valence-corrected chi connectivity index (χ3v) is 4.58. The first-order valence-corrected chi connectivity index (χ1v) is 7.77. The van der Waals surface area contributed by atoms with E-state index in [2.05, 4.69) is 21.7 Å². The molecular weight excluding hydrogens is 270 g/mol. The number of carbonyl (C=O) groups is 1. The molecule has 1 aliphatic heterocycles. The van der Waals surface area contributed by atoms with Crippen LogP contribution in [-0.4, -0.2) is 22.5 Å². The van der Waals surface area contributed by atoms with Crippen LogP contribution in [0.1, 0.15) is 40.4 Å². The molecule has 2 aromatic rings. The Hall–Kier alpha value is -1.65. The van der Waals surface area contributed by atoms with Crippen LogP contribution >= 0.6 is 11.3 Å². The van der Waals surface area contributed by atoms with Gasteiger partial charge in [-0.25, -0.2) is 4.79 Å². The Morgan fingerprint density at radius 3 is 2.75 bits per heavy atom. The van der Waals surface area contributed by atoms with Crippen LogP contribution in [0, 0.1) is 0 Å². The molecule has 4 heteroatoms. The molecular formula is C16H17NO2S. The molecule has 1 saturated heterocycles. The minimum Gasteiger partial charge on any atom is -0.478 e. The summed E-state index contributed by atoms with van der Waals surface area (Å²) in [6, 6.07) is 9.95. The molecule has 2 heterocycles. The van der Waals surface area contributed by atoms with Crippen molar-refractivity contribution >= 4 is 17.3 Å². The number of rotatable bonds is 4. The van der Waals surface area contributed by atoms with Gasteiger partial charge in [-0.2, -0.15) is 11.3 Å². The van der Waals surface area contributed by atoms with Crippen molar-refractivity contribution in [2.45, 2.75) is 25.4 Å². The number of likely N-dealkylation sites (tertiary alicyclic amines) is 1. The summed E-state index contributed by atoms with van der Waals surface area (Å²) >= 11 is 1.75. The van der Waals surface area contributed by atoms with Crippen LogP contribution in [-0.2, 0) is 6.54 Å². The first-order chi connectivity index (χ1) is 9.74. The number of carboxylic acids is 1. The fourth-order valence-corrected chi connectivity index (χ4v) is 3.55. The molecule has 0 saturated carbocycles. The zero-order chi connectivity index (χ0) is 13.9. The predicted octanol–water partition coefficient (Wildman–Crippen LogP) is 3.78. The van der Waals surface area contributed by atoms with Crippen LogP contribution in [0.3, 0.4) is 0 Å². The zero-order valence-electron chi connectivity index (χ0n) is 11.2. The van der Waals surface area contributed by atoms with Crippen LogP contribution in [0.4, 0.5) is 0 Å². The molecule has 104 valence electrons. The second kappa shape index (κ2) is 5.77. The average Bonchev–Trinajstić information content (AvgIpc) is 3.09. The smallest absolute Gasteiger partial charge is 0.335 e. The second-order valence-corrected chi connectivity index (χ2v) is 5.97. The molecule has 0 radical (unpaired) electrons. The summed E-state index contributed by atoms with van der Waals surface area (Å²) in [5.41, 5.74) is 2.94. The molecule has 1 aromatic carbocycles. The zero-order valence-corrected chi connectivity index (χ0v) is 12.0. The van der Waals surface area contributed by atoms with E-state index in [4.69, 9.17) is 5.11 Å². The summed E-state index contributed by atoms with van der Waals surface area (Å²) in [4.78, 5) is 13.3. The Labute approximate surface area is 122 Å². The highest BCUT2D eigenvalue weighted by Gasteiger charge is 2.26. The molecule has 0 amide bonds.